The Kier molecular flexibility index (Phi) is 5.50. The van der Waals surface area contributed by atoms with Crippen LogP contribution < -0.4 is 19.5 Å². The van der Waals surface area contributed by atoms with Gasteiger partial charge in [0.25, 0.3) is 0 Å². The third kappa shape index (κ3) is 3.17. The summed E-state index contributed by atoms with van der Waals surface area (Å²) in [6.45, 7) is 0. The minimum absolute atomic E-state index is 0.0306. The summed E-state index contributed by atoms with van der Waals surface area (Å²) in [5, 5.41) is 5.34. The van der Waals surface area contributed by atoms with Gasteiger partial charge in [-0.15, -0.1) is 11.3 Å². The van der Waals surface area contributed by atoms with Crippen LogP contribution in [0.25, 0.3) is 0 Å². The molecule has 1 N–H and O–H groups in total. The molecule has 1 atom stereocenters. The highest BCUT2D eigenvalue weighted by atomic mass is 79.9. The van der Waals surface area contributed by atoms with Gasteiger partial charge in [0.05, 0.1) is 36.7 Å². The van der Waals surface area contributed by atoms with Crippen molar-refractivity contribution in [3.8, 4) is 17.2 Å². The number of nitrogens with one attached hydrogen (secondary N) is 1. The lowest BCUT2D eigenvalue weighted by molar-refractivity contribution is 0.390. The van der Waals surface area contributed by atoms with Gasteiger partial charge < -0.3 is 19.5 Å². The van der Waals surface area contributed by atoms with Crippen LogP contribution in [-0.2, 0) is 0 Å². The van der Waals surface area contributed by atoms with E-state index in [9.17, 15) is 0 Å². The quantitative estimate of drug-likeness (QED) is 0.836. The van der Waals surface area contributed by atoms with Crippen molar-refractivity contribution in [2.45, 2.75) is 6.04 Å². The molecule has 2 rings (SSSR count). The van der Waals surface area contributed by atoms with Crippen molar-refractivity contribution in [2.24, 2.45) is 0 Å². The Hall–Kier alpha value is -1.24. The fourth-order valence-electron chi connectivity index (χ4n) is 2.23. The second-order valence-corrected chi connectivity index (χ2v) is 6.11. The van der Waals surface area contributed by atoms with Crippen LogP contribution in [0.4, 0.5) is 0 Å². The van der Waals surface area contributed by atoms with E-state index in [1.165, 1.54) is 0 Å². The summed E-state index contributed by atoms with van der Waals surface area (Å²) in [7, 11) is 6.90. The monoisotopic (exact) mass is 371 g/mol. The fourth-order valence-corrected chi connectivity index (χ4v) is 3.70. The molecule has 6 heteroatoms. The number of rotatable bonds is 6. The van der Waals surface area contributed by atoms with E-state index in [2.05, 4.69) is 21.2 Å². The van der Waals surface area contributed by atoms with Crippen molar-refractivity contribution in [3.05, 3.63) is 38.5 Å². The molecule has 2 aromatic rings. The summed E-state index contributed by atoms with van der Waals surface area (Å²) >= 11 is 5.13. The third-order valence-corrected chi connectivity index (χ3v) is 4.83. The molecule has 0 spiro atoms. The van der Waals surface area contributed by atoms with Crippen molar-refractivity contribution in [3.63, 3.8) is 0 Å². The molecule has 0 saturated carbocycles. The van der Waals surface area contributed by atoms with Crippen LogP contribution in [-0.4, -0.2) is 28.4 Å². The van der Waals surface area contributed by atoms with Gasteiger partial charge in [0.15, 0.2) is 0 Å². The number of hydrogen-bond acceptors (Lipinski definition) is 5. The molecule has 0 bridgehead atoms. The van der Waals surface area contributed by atoms with Gasteiger partial charge in [-0.1, -0.05) is 0 Å². The fraction of sp³-hybridized carbons (Fsp3) is 0.333. The van der Waals surface area contributed by atoms with Crippen LogP contribution in [0.3, 0.4) is 0 Å². The minimum atomic E-state index is -0.0306. The maximum Gasteiger partial charge on any atom is 0.134 e. The van der Waals surface area contributed by atoms with Gasteiger partial charge in [-0.05, 0) is 46.6 Å². The average molecular weight is 372 g/mol. The highest BCUT2D eigenvalue weighted by Gasteiger charge is 2.23. The van der Waals surface area contributed by atoms with Crippen molar-refractivity contribution in [1.82, 2.24) is 5.32 Å². The number of benzene rings is 1. The van der Waals surface area contributed by atoms with Crippen LogP contribution in [0.15, 0.2) is 28.1 Å². The van der Waals surface area contributed by atoms with Crippen molar-refractivity contribution in [1.29, 1.82) is 0 Å². The standard InChI is InChI=1S/C15H18BrNO3S/c1-17-14(15-11(18-2)5-6-21-15)9-7-13(20-4)10(16)8-12(9)19-3/h5-8,14,17H,1-4H3. The van der Waals surface area contributed by atoms with E-state index in [4.69, 9.17) is 14.2 Å². The normalized spacial score (nSPS) is 12.0. The molecule has 4 nitrogen and oxygen atoms in total. The smallest absolute Gasteiger partial charge is 0.134 e. The van der Waals surface area contributed by atoms with Gasteiger partial charge in [0.2, 0.25) is 0 Å². The van der Waals surface area contributed by atoms with Gasteiger partial charge in [0.1, 0.15) is 17.2 Å². The maximum atomic E-state index is 5.52. The Morgan fingerprint density at radius 1 is 1.05 bits per heavy atom. The van der Waals surface area contributed by atoms with Crippen molar-refractivity contribution >= 4 is 27.3 Å². The first kappa shape index (κ1) is 16.1. The molecule has 0 saturated heterocycles. The Labute approximate surface area is 137 Å². The third-order valence-electron chi connectivity index (χ3n) is 3.24. The molecule has 0 amide bonds. The number of halogens is 1. The Morgan fingerprint density at radius 3 is 2.29 bits per heavy atom. The van der Waals surface area contributed by atoms with E-state index in [1.807, 2.05) is 30.6 Å². The zero-order valence-corrected chi connectivity index (χ0v) is 14.8. The van der Waals surface area contributed by atoms with E-state index < -0.39 is 0 Å². The lowest BCUT2D eigenvalue weighted by Gasteiger charge is -2.21. The summed E-state index contributed by atoms with van der Waals surface area (Å²) < 4.78 is 17.2. The first-order chi connectivity index (χ1) is 10.2. The first-order valence-electron chi connectivity index (χ1n) is 6.36. The van der Waals surface area contributed by atoms with Crippen LogP contribution in [0.5, 0.6) is 17.2 Å². The van der Waals surface area contributed by atoms with Crippen molar-refractivity contribution in [2.75, 3.05) is 28.4 Å². The summed E-state index contributed by atoms with van der Waals surface area (Å²) in [5.41, 5.74) is 1.00. The zero-order chi connectivity index (χ0) is 15.4. The van der Waals surface area contributed by atoms with Crippen LogP contribution >= 0.6 is 27.3 Å². The van der Waals surface area contributed by atoms with E-state index in [-0.39, 0.29) is 6.04 Å². The summed E-state index contributed by atoms with van der Waals surface area (Å²) in [4.78, 5) is 1.10. The van der Waals surface area contributed by atoms with Gasteiger partial charge in [-0.2, -0.15) is 0 Å². The molecular weight excluding hydrogens is 354 g/mol. The van der Waals surface area contributed by atoms with Gasteiger partial charge in [0, 0.05) is 5.56 Å². The highest BCUT2D eigenvalue weighted by molar-refractivity contribution is 9.10. The largest absolute Gasteiger partial charge is 0.496 e. The second kappa shape index (κ2) is 7.15. The van der Waals surface area contributed by atoms with E-state index in [0.29, 0.717) is 0 Å². The minimum Gasteiger partial charge on any atom is -0.496 e. The number of ether oxygens (including phenoxy) is 3. The molecule has 1 unspecified atom stereocenters. The maximum absolute atomic E-state index is 5.52. The van der Waals surface area contributed by atoms with Crippen LogP contribution in [0.1, 0.15) is 16.5 Å². The SMILES string of the molecule is CNC(c1cc(OC)c(Br)cc1OC)c1sccc1OC. The van der Waals surface area contributed by atoms with E-state index in [0.717, 1.165) is 32.2 Å². The van der Waals surface area contributed by atoms with E-state index >= 15 is 0 Å². The molecule has 21 heavy (non-hydrogen) atoms. The van der Waals surface area contributed by atoms with Crippen molar-refractivity contribution < 1.29 is 14.2 Å². The molecule has 0 aliphatic heterocycles. The lowest BCUT2D eigenvalue weighted by atomic mass is 10.0. The Bertz CT molecular complexity index is 615. The molecular formula is C15H18BrNO3S. The Morgan fingerprint density at radius 2 is 1.71 bits per heavy atom. The van der Waals surface area contributed by atoms with Crippen LogP contribution in [0.2, 0.25) is 0 Å². The topological polar surface area (TPSA) is 39.7 Å². The molecule has 114 valence electrons. The number of hydrogen-bond donors (Lipinski definition) is 1. The van der Waals surface area contributed by atoms with Gasteiger partial charge >= 0.3 is 0 Å². The number of thiophene rings is 1. The molecule has 0 aliphatic carbocycles. The summed E-state index contributed by atoms with van der Waals surface area (Å²) in [6.07, 6.45) is 0. The first-order valence-corrected chi connectivity index (χ1v) is 8.03. The Balaban J connectivity index is 2.56. The predicted octanol–water partition coefficient (Wildman–Crippen LogP) is 3.85. The van der Waals surface area contributed by atoms with Gasteiger partial charge in [-0.3, -0.25) is 0 Å². The second-order valence-electron chi connectivity index (χ2n) is 4.30. The number of methoxy groups -OCH3 is 3. The molecule has 1 aromatic heterocycles. The van der Waals surface area contributed by atoms with Gasteiger partial charge in [-0.25, -0.2) is 0 Å². The summed E-state index contributed by atoms with van der Waals surface area (Å²) in [6, 6.07) is 5.83. The molecule has 0 aliphatic rings. The molecule has 1 aromatic carbocycles. The van der Waals surface area contributed by atoms with E-state index in [1.54, 1.807) is 32.7 Å². The molecule has 0 fully saturated rings. The summed E-state index contributed by atoms with van der Waals surface area (Å²) in [5.74, 6) is 2.42. The molecule has 1 heterocycles. The highest BCUT2D eigenvalue weighted by Crippen LogP contribution is 2.41. The average Bonchev–Trinajstić information content (AvgIpc) is 2.97. The molecule has 0 radical (unpaired) electrons. The zero-order valence-electron chi connectivity index (χ0n) is 12.4. The van der Waals surface area contributed by atoms with Crippen LogP contribution in [0, 0.1) is 0 Å². The lowest BCUT2D eigenvalue weighted by Crippen LogP contribution is -2.18. The predicted molar refractivity (Wildman–Crippen MR) is 89.0 cm³/mol.